The van der Waals surface area contributed by atoms with Crippen LogP contribution in [0.5, 0.6) is 0 Å². The van der Waals surface area contributed by atoms with Gasteiger partial charge < -0.3 is 30.6 Å². The first kappa shape index (κ1) is 12.4. The molecule has 50 valence electrons. The Morgan fingerprint density at radius 3 is 2.11 bits per heavy atom. The number of hydrogen-bond acceptors (Lipinski definition) is 2. The van der Waals surface area contributed by atoms with Gasteiger partial charge in [0.2, 0.25) is 0 Å². The topological polar surface area (TPSA) is 26.0 Å². The Hall–Kier alpha value is 0.733. The Balaban J connectivity index is 0. The van der Waals surface area contributed by atoms with E-state index in [4.69, 9.17) is 0 Å². The predicted octanol–water partition coefficient (Wildman–Crippen LogP) is 1.53. The summed E-state index contributed by atoms with van der Waals surface area (Å²) < 4.78 is 0.0833. The SMILES string of the molecule is CCC[CH2][Zn+].NC(=S)[S-]. The summed E-state index contributed by atoms with van der Waals surface area (Å²) in [7, 11) is 0. The van der Waals surface area contributed by atoms with Gasteiger partial charge in [-0.05, 0) is 0 Å². The maximum absolute atomic E-state index is 4.66. The molecule has 0 atom stereocenters. The van der Waals surface area contributed by atoms with Gasteiger partial charge in [-0.15, -0.1) is 0 Å². The molecule has 0 aromatic rings. The first-order valence-electron chi connectivity index (χ1n) is 2.90. The Morgan fingerprint density at radius 1 is 1.78 bits per heavy atom. The van der Waals surface area contributed by atoms with Gasteiger partial charge in [0.25, 0.3) is 0 Å². The maximum Gasteiger partial charge on any atom is -0.0708 e. The van der Waals surface area contributed by atoms with Crippen molar-refractivity contribution in [2.45, 2.75) is 24.8 Å². The van der Waals surface area contributed by atoms with E-state index >= 15 is 0 Å². The van der Waals surface area contributed by atoms with Crippen LogP contribution in [0, 0.1) is 0 Å². The number of hydrogen-bond donors (Lipinski definition) is 1. The third-order valence-electron chi connectivity index (χ3n) is 0.604. The van der Waals surface area contributed by atoms with E-state index in [0.29, 0.717) is 0 Å². The predicted molar refractivity (Wildman–Crippen MR) is 43.9 cm³/mol. The summed E-state index contributed by atoms with van der Waals surface area (Å²) in [4.78, 5) is 0. The molecule has 0 aliphatic carbocycles. The van der Waals surface area contributed by atoms with E-state index in [1.807, 2.05) is 0 Å². The molecule has 9 heavy (non-hydrogen) atoms. The van der Waals surface area contributed by atoms with Crippen molar-refractivity contribution in [1.29, 1.82) is 0 Å². The minimum atomic E-state index is 0.0833. The van der Waals surface area contributed by atoms with Crippen LogP contribution in [0.3, 0.4) is 0 Å². The third kappa shape index (κ3) is 53.0. The van der Waals surface area contributed by atoms with Crippen LogP contribution in [0.25, 0.3) is 0 Å². The molecule has 0 fully saturated rings. The maximum atomic E-state index is 4.66. The second-order valence-electron chi connectivity index (χ2n) is 1.53. The molecular weight excluding hydrogens is 204 g/mol. The number of thiocarbonyl (C=S) groups is 1. The Bertz CT molecular complexity index is 62.0. The fraction of sp³-hybridized carbons (Fsp3) is 0.800. The molecule has 2 N–H and O–H groups in total. The quantitative estimate of drug-likeness (QED) is 0.429. The van der Waals surface area contributed by atoms with Crippen molar-refractivity contribution in [2.24, 2.45) is 5.73 Å². The van der Waals surface area contributed by atoms with Crippen LogP contribution >= 0.6 is 12.2 Å². The van der Waals surface area contributed by atoms with E-state index in [-0.39, 0.29) is 4.32 Å². The Morgan fingerprint density at radius 2 is 2.11 bits per heavy atom. The Kier molecular flexibility index (Phi) is 15.9. The third-order valence-corrected chi connectivity index (χ3v) is 1.65. The molecule has 0 aromatic carbocycles. The molecule has 0 aliphatic heterocycles. The standard InChI is InChI=1S/C4H9.CH3NS2.Zn/c1-3-4-2;2-1(3)4;/h1,3-4H2,2H3;(H3,2,3,4);/q;;+1/p-1. The summed E-state index contributed by atoms with van der Waals surface area (Å²) in [5, 5.41) is 1.47. The zero-order chi connectivity index (χ0) is 7.70. The van der Waals surface area contributed by atoms with Gasteiger partial charge in [0.1, 0.15) is 0 Å². The van der Waals surface area contributed by atoms with Gasteiger partial charge in [-0.2, -0.15) is 0 Å². The molecular formula is C5H11NS2Zn. The molecule has 0 aromatic heterocycles. The molecule has 0 spiro atoms. The molecule has 4 heteroatoms. The fourth-order valence-corrected chi connectivity index (χ4v) is 1.30. The van der Waals surface area contributed by atoms with Gasteiger partial charge in [-0.25, -0.2) is 0 Å². The molecule has 0 saturated carbocycles. The molecule has 0 unspecified atom stereocenters. The van der Waals surface area contributed by atoms with Gasteiger partial charge in [-0.1, -0.05) is 4.32 Å². The second-order valence-corrected chi connectivity index (χ2v) is 4.15. The molecule has 0 rings (SSSR count). The summed E-state index contributed by atoms with van der Waals surface area (Å²) in [5.41, 5.74) is 4.66. The summed E-state index contributed by atoms with van der Waals surface area (Å²) in [5.74, 6) is 0. The van der Waals surface area contributed by atoms with E-state index in [9.17, 15) is 0 Å². The Labute approximate surface area is 77.9 Å². The van der Waals surface area contributed by atoms with Crippen molar-refractivity contribution in [3.05, 3.63) is 0 Å². The van der Waals surface area contributed by atoms with Crippen LogP contribution < -0.4 is 5.73 Å². The first-order chi connectivity index (χ1) is 4.15. The normalized spacial score (nSPS) is 7.44. The van der Waals surface area contributed by atoms with Crippen molar-refractivity contribution in [3.8, 4) is 0 Å². The van der Waals surface area contributed by atoms with Crippen LogP contribution in [-0.2, 0) is 30.9 Å². The molecule has 0 saturated heterocycles. The largest absolute Gasteiger partial charge is 0.415 e. The number of unbranched alkanes of at least 4 members (excludes halogenated alkanes) is 1. The van der Waals surface area contributed by atoms with E-state index in [2.05, 4.69) is 37.5 Å². The average Bonchev–Trinajstić information content (AvgIpc) is 1.66. The number of rotatable bonds is 2. The van der Waals surface area contributed by atoms with Crippen molar-refractivity contribution in [1.82, 2.24) is 0 Å². The van der Waals surface area contributed by atoms with Gasteiger partial charge in [0, 0.05) is 0 Å². The molecule has 0 amide bonds. The van der Waals surface area contributed by atoms with Crippen LogP contribution in [0.1, 0.15) is 19.8 Å². The van der Waals surface area contributed by atoms with Crippen molar-refractivity contribution in [2.75, 3.05) is 0 Å². The van der Waals surface area contributed by atoms with Crippen molar-refractivity contribution < 1.29 is 18.3 Å². The minimum Gasteiger partial charge on any atom is -0.415 e. The zero-order valence-corrected chi connectivity index (χ0v) is 10.3. The molecule has 0 radical (unpaired) electrons. The summed E-state index contributed by atoms with van der Waals surface area (Å²) in [6, 6.07) is 0. The van der Waals surface area contributed by atoms with Gasteiger partial charge in [0.15, 0.2) is 0 Å². The summed E-state index contributed by atoms with van der Waals surface area (Å²) >= 11 is 9.74. The van der Waals surface area contributed by atoms with E-state index in [1.54, 1.807) is 0 Å². The van der Waals surface area contributed by atoms with Gasteiger partial charge >= 0.3 is 43.1 Å². The molecule has 0 heterocycles. The van der Waals surface area contributed by atoms with Crippen LogP contribution in [0.2, 0.25) is 5.02 Å². The smallest absolute Gasteiger partial charge is 0.0708 e. The van der Waals surface area contributed by atoms with Gasteiger partial charge in [-0.3, -0.25) is 0 Å². The van der Waals surface area contributed by atoms with Crippen LogP contribution in [-0.4, -0.2) is 4.32 Å². The van der Waals surface area contributed by atoms with Crippen molar-refractivity contribution in [3.63, 3.8) is 0 Å². The van der Waals surface area contributed by atoms with E-state index in [0.717, 1.165) is 0 Å². The van der Waals surface area contributed by atoms with E-state index in [1.165, 1.54) is 36.2 Å². The van der Waals surface area contributed by atoms with Crippen LogP contribution in [0.4, 0.5) is 0 Å². The van der Waals surface area contributed by atoms with Crippen molar-refractivity contribution >= 4 is 29.2 Å². The van der Waals surface area contributed by atoms with Gasteiger partial charge in [0.05, 0.1) is 0 Å². The first-order valence-corrected chi connectivity index (χ1v) is 5.82. The molecule has 1 nitrogen and oxygen atoms in total. The summed E-state index contributed by atoms with van der Waals surface area (Å²) in [6.45, 7) is 2.23. The second kappa shape index (κ2) is 11.5. The number of nitrogens with two attached hydrogens (primary N) is 1. The molecule has 0 bridgehead atoms. The van der Waals surface area contributed by atoms with E-state index < -0.39 is 0 Å². The molecule has 0 aliphatic rings. The summed E-state index contributed by atoms with van der Waals surface area (Å²) in [6.07, 6.45) is 2.82. The average molecular weight is 215 g/mol. The minimum absolute atomic E-state index is 0.0833. The zero-order valence-electron chi connectivity index (χ0n) is 5.72. The fourth-order valence-electron chi connectivity index (χ4n) is 0.250. The van der Waals surface area contributed by atoms with Crippen LogP contribution in [0.15, 0.2) is 0 Å². The monoisotopic (exact) mass is 213 g/mol.